The van der Waals surface area contributed by atoms with Crippen LogP contribution in [-0.2, 0) is 6.54 Å². The van der Waals surface area contributed by atoms with Crippen LogP contribution in [0.1, 0.15) is 15.9 Å². The van der Waals surface area contributed by atoms with Gasteiger partial charge >= 0.3 is 0 Å². The normalized spacial score (nSPS) is 10.2. The minimum absolute atomic E-state index is 0.0134. The monoisotopic (exact) mass is 305 g/mol. The molecule has 2 aromatic rings. The van der Waals surface area contributed by atoms with Crippen molar-refractivity contribution in [3.63, 3.8) is 0 Å². The predicted octanol–water partition coefficient (Wildman–Crippen LogP) is 1.87. The van der Waals surface area contributed by atoms with Crippen molar-refractivity contribution in [2.45, 2.75) is 6.54 Å². The molecule has 0 aliphatic rings. The Morgan fingerprint density at radius 3 is 2.55 bits per heavy atom. The number of halogens is 1. The van der Waals surface area contributed by atoms with Gasteiger partial charge in [0.2, 0.25) is 0 Å². The summed E-state index contributed by atoms with van der Waals surface area (Å²) >= 11 is 0. The fourth-order valence-electron chi connectivity index (χ4n) is 1.72. The van der Waals surface area contributed by atoms with Gasteiger partial charge in [-0.15, -0.1) is 0 Å². The van der Waals surface area contributed by atoms with Crippen molar-refractivity contribution in [1.29, 1.82) is 0 Å². The van der Waals surface area contributed by atoms with Crippen molar-refractivity contribution in [3.05, 3.63) is 69.5 Å². The van der Waals surface area contributed by atoms with E-state index < -0.39 is 16.6 Å². The van der Waals surface area contributed by atoms with Crippen LogP contribution in [0.2, 0.25) is 0 Å². The van der Waals surface area contributed by atoms with Crippen LogP contribution in [0.15, 0.2) is 42.5 Å². The van der Waals surface area contributed by atoms with Gasteiger partial charge in [-0.2, -0.15) is 0 Å². The SMILES string of the molecule is O=C(NNCc1cc([N+](=O)[O-])ccc1O)c1ccc(F)cc1. The van der Waals surface area contributed by atoms with Crippen molar-refractivity contribution in [2.75, 3.05) is 0 Å². The zero-order valence-corrected chi connectivity index (χ0v) is 11.2. The molecular formula is C14H12FN3O4. The van der Waals surface area contributed by atoms with Crippen LogP contribution in [-0.4, -0.2) is 15.9 Å². The topological polar surface area (TPSA) is 104 Å². The first-order valence-electron chi connectivity index (χ1n) is 6.22. The summed E-state index contributed by atoms with van der Waals surface area (Å²) in [6.07, 6.45) is 0. The fourth-order valence-corrected chi connectivity index (χ4v) is 1.72. The van der Waals surface area contributed by atoms with E-state index in [0.717, 1.165) is 12.1 Å². The van der Waals surface area contributed by atoms with Crippen molar-refractivity contribution in [2.24, 2.45) is 0 Å². The average molecular weight is 305 g/mol. The fraction of sp³-hybridized carbons (Fsp3) is 0.0714. The maximum Gasteiger partial charge on any atom is 0.270 e. The van der Waals surface area contributed by atoms with Crippen LogP contribution in [0.5, 0.6) is 5.75 Å². The van der Waals surface area contributed by atoms with Gasteiger partial charge in [-0.1, -0.05) is 0 Å². The Morgan fingerprint density at radius 2 is 1.91 bits per heavy atom. The summed E-state index contributed by atoms with van der Waals surface area (Å²) in [6.45, 7) is -0.0134. The van der Waals surface area contributed by atoms with Gasteiger partial charge < -0.3 is 5.11 Å². The molecule has 114 valence electrons. The number of hydrazine groups is 1. The molecule has 2 aromatic carbocycles. The van der Waals surface area contributed by atoms with Crippen molar-refractivity contribution in [3.8, 4) is 5.75 Å². The molecule has 1 amide bonds. The molecule has 0 heterocycles. The molecule has 0 fully saturated rings. The molecular weight excluding hydrogens is 293 g/mol. The lowest BCUT2D eigenvalue weighted by Crippen LogP contribution is -2.36. The Morgan fingerprint density at radius 1 is 1.23 bits per heavy atom. The molecule has 0 bridgehead atoms. The molecule has 3 N–H and O–H groups in total. The van der Waals surface area contributed by atoms with Gasteiger partial charge in [0.15, 0.2) is 0 Å². The van der Waals surface area contributed by atoms with E-state index in [1.807, 2.05) is 0 Å². The van der Waals surface area contributed by atoms with Crippen LogP contribution in [0, 0.1) is 15.9 Å². The lowest BCUT2D eigenvalue weighted by Gasteiger charge is -2.08. The van der Waals surface area contributed by atoms with E-state index in [4.69, 9.17) is 0 Å². The Kier molecular flexibility index (Phi) is 4.64. The number of carbonyl (C=O) groups excluding carboxylic acids is 1. The quantitative estimate of drug-likeness (QED) is 0.578. The molecule has 0 saturated carbocycles. The molecule has 0 aromatic heterocycles. The first-order chi connectivity index (χ1) is 10.5. The minimum Gasteiger partial charge on any atom is -0.508 e. The summed E-state index contributed by atoms with van der Waals surface area (Å²) in [5.74, 6) is -1.08. The summed E-state index contributed by atoms with van der Waals surface area (Å²) in [4.78, 5) is 21.8. The summed E-state index contributed by atoms with van der Waals surface area (Å²) in [6, 6.07) is 8.52. The van der Waals surface area contributed by atoms with Gasteiger partial charge in [0.05, 0.1) is 4.92 Å². The number of hydrogen-bond donors (Lipinski definition) is 3. The molecule has 0 atom stereocenters. The van der Waals surface area contributed by atoms with E-state index >= 15 is 0 Å². The first kappa shape index (κ1) is 15.4. The van der Waals surface area contributed by atoms with Gasteiger partial charge in [-0.05, 0) is 30.3 Å². The number of nitrogens with one attached hydrogen (secondary N) is 2. The minimum atomic E-state index is -0.583. The maximum absolute atomic E-state index is 12.7. The van der Waals surface area contributed by atoms with E-state index in [9.17, 15) is 24.4 Å². The molecule has 7 nitrogen and oxygen atoms in total. The highest BCUT2D eigenvalue weighted by Crippen LogP contribution is 2.22. The van der Waals surface area contributed by atoms with Crippen LogP contribution in [0.3, 0.4) is 0 Å². The highest BCUT2D eigenvalue weighted by atomic mass is 19.1. The Hall–Kier alpha value is -3.00. The molecule has 22 heavy (non-hydrogen) atoms. The average Bonchev–Trinajstić information content (AvgIpc) is 2.49. The maximum atomic E-state index is 12.7. The van der Waals surface area contributed by atoms with Crippen LogP contribution < -0.4 is 10.9 Å². The summed E-state index contributed by atoms with van der Waals surface area (Å²) in [5.41, 5.74) is 5.23. The Bertz CT molecular complexity index is 704. The molecule has 0 spiro atoms. The van der Waals surface area contributed by atoms with Gasteiger partial charge in [0.25, 0.3) is 11.6 Å². The number of rotatable bonds is 5. The molecule has 2 rings (SSSR count). The molecule has 0 aliphatic heterocycles. The molecule has 0 unspecified atom stereocenters. The van der Waals surface area contributed by atoms with E-state index in [-0.39, 0.29) is 29.1 Å². The summed E-state index contributed by atoms with van der Waals surface area (Å²) in [5, 5.41) is 20.3. The summed E-state index contributed by atoms with van der Waals surface area (Å²) < 4.78 is 12.7. The number of phenols is 1. The number of nitro groups is 1. The zero-order valence-electron chi connectivity index (χ0n) is 11.2. The molecule has 0 radical (unpaired) electrons. The van der Waals surface area contributed by atoms with Gasteiger partial charge in [0.1, 0.15) is 11.6 Å². The van der Waals surface area contributed by atoms with Gasteiger partial charge in [-0.25, -0.2) is 9.82 Å². The second-order valence-electron chi connectivity index (χ2n) is 4.38. The van der Waals surface area contributed by atoms with E-state index in [1.54, 1.807) is 0 Å². The highest BCUT2D eigenvalue weighted by Gasteiger charge is 2.11. The Balaban J connectivity index is 1.96. The van der Waals surface area contributed by atoms with E-state index in [0.29, 0.717) is 0 Å². The Labute approximate surface area is 124 Å². The van der Waals surface area contributed by atoms with Gasteiger partial charge in [-0.3, -0.25) is 20.3 Å². The highest BCUT2D eigenvalue weighted by molar-refractivity contribution is 5.93. The third-order valence-electron chi connectivity index (χ3n) is 2.86. The van der Waals surface area contributed by atoms with Crippen LogP contribution >= 0.6 is 0 Å². The number of aromatic hydroxyl groups is 1. The number of nitro benzene ring substituents is 1. The standard InChI is InChI=1S/C14H12FN3O4/c15-11-3-1-9(2-4-11)14(20)17-16-8-10-7-12(18(21)22)5-6-13(10)19/h1-7,16,19H,8H2,(H,17,20). The van der Waals surface area contributed by atoms with E-state index in [2.05, 4.69) is 10.9 Å². The predicted molar refractivity (Wildman–Crippen MR) is 75.5 cm³/mol. The lowest BCUT2D eigenvalue weighted by atomic mass is 10.2. The number of carbonyl (C=O) groups is 1. The van der Waals surface area contributed by atoms with Crippen molar-refractivity contribution in [1.82, 2.24) is 10.9 Å². The lowest BCUT2D eigenvalue weighted by molar-refractivity contribution is -0.384. The molecule has 8 heteroatoms. The van der Waals surface area contributed by atoms with Crippen LogP contribution in [0.4, 0.5) is 10.1 Å². The number of nitrogens with zero attached hydrogens (tertiary/aromatic N) is 1. The van der Waals surface area contributed by atoms with Gasteiger partial charge in [0, 0.05) is 29.8 Å². The second kappa shape index (κ2) is 6.64. The van der Waals surface area contributed by atoms with Crippen molar-refractivity contribution >= 4 is 11.6 Å². The smallest absolute Gasteiger partial charge is 0.270 e. The zero-order chi connectivity index (χ0) is 16.1. The largest absolute Gasteiger partial charge is 0.508 e. The number of hydrogen-bond acceptors (Lipinski definition) is 5. The molecule has 0 saturated heterocycles. The van der Waals surface area contributed by atoms with E-state index in [1.165, 1.54) is 30.3 Å². The number of non-ortho nitro benzene ring substituents is 1. The third kappa shape index (κ3) is 3.76. The van der Waals surface area contributed by atoms with Crippen molar-refractivity contribution < 1.29 is 19.2 Å². The summed E-state index contributed by atoms with van der Waals surface area (Å²) in [7, 11) is 0. The first-order valence-corrected chi connectivity index (χ1v) is 6.22. The number of phenolic OH excluding ortho intramolecular Hbond substituents is 1. The molecule has 0 aliphatic carbocycles. The third-order valence-corrected chi connectivity index (χ3v) is 2.86. The second-order valence-corrected chi connectivity index (χ2v) is 4.38. The van der Waals surface area contributed by atoms with Crippen LogP contribution in [0.25, 0.3) is 0 Å². The number of benzene rings is 2. The number of amides is 1.